The molecule has 158 valence electrons. The number of pyridine rings is 2. The Bertz CT molecular complexity index is 1160. The minimum absolute atomic E-state index is 0.0257. The van der Waals surface area contributed by atoms with E-state index >= 15 is 0 Å². The first-order chi connectivity index (χ1) is 15.1. The highest BCUT2D eigenvalue weighted by Gasteiger charge is 2.25. The molecule has 3 aromatic heterocycles. The molecule has 0 saturated carbocycles. The minimum atomic E-state index is -0.187. The van der Waals surface area contributed by atoms with Crippen molar-refractivity contribution in [3.8, 4) is 17.3 Å². The summed E-state index contributed by atoms with van der Waals surface area (Å²) in [6.45, 7) is 1.19. The molecule has 0 radical (unpaired) electrons. The number of nitrogens with one attached hydrogen (secondary N) is 3. The second-order valence-electron chi connectivity index (χ2n) is 7.45. The number of piperidine rings is 1. The molecule has 1 aliphatic rings. The molecule has 31 heavy (non-hydrogen) atoms. The van der Waals surface area contributed by atoms with Crippen LogP contribution in [0.1, 0.15) is 29.6 Å². The van der Waals surface area contributed by atoms with Gasteiger partial charge in [0, 0.05) is 61.3 Å². The Morgan fingerprint density at radius 3 is 3.03 bits per heavy atom. The Labute approximate surface area is 179 Å². The van der Waals surface area contributed by atoms with Gasteiger partial charge in [-0.1, -0.05) is 0 Å². The Balaban J connectivity index is 1.69. The van der Waals surface area contributed by atoms with Crippen molar-refractivity contribution in [2.75, 3.05) is 25.5 Å². The summed E-state index contributed by atoms with van der Waals surface area (Å²) in [6.07, 6.45) is 6.81. The van der Waals surface area contributed by atoms with Crippen LogP contribution in [0.5, 0.6) is 0 Å². The summed E-state index contributed by atoms with van der Waals surface area (Å²) in [5.41, 5.74) is 3.51. The number of aromatic nitrogens is 3. The van der Waals surface area contributed by atoms with Gasteiger partial charge in [0.05, 0.1) is 17.5 Å². The number of carbonyl (C=O) groups is 2. The second kappa shape index (κ2) is 8.83. The molecule has 0 spiro atoms. The molecular weight excluding hydrogens is 394 g/mol. The molecule has 1 aliphatic heterocycles. The van der Waals surface area contributed by atoms with Crippen LogP contribution >= 0.6 is 0 Å². The first-order valence-electron chi connectivity index (χ1n) is 10.2. The summed E-state index contributed by atoms with van der Waals surface area (Å²) < 4.78 is 0. The molecular formula is C22H23N7O2. The molecule has 2 amide bonds. The Kier molecular flexibility index (Phi) is 5.80. The number of rotatable bonds is 5. The second-order valence-corrected chi connectivity index (χ2v) is 7.45. The van der Waals surface area contributed by atoms with Crippen molar-refractivity contribution in [3.05, 3.63) is 42.4 Å². The van der Waals surface area contributed by atoms with E-state index in [4.69, 9.17) is 5.26 Å². The Hall–Kier alpha value is -3.93. The number of anilines is 1. The lowest BCUT2D eigenvalue weighted by Crippen LogP contribution is -2.45. The van der Waals surface area contributed by atoms with Crippen molar-refractivity contribution >= 4 is 28.5 Å². The van der Waals surface area contributed by atoms with Gasteiger partial charge in [0.15, 0.2) is 0 Å². The SMILES string of the molecule is CNC(=O)c1ccnc(-c2cnc3[nH]ccc3c2NC2CCCN(C(=O)CC#N)C2)c1. The van der Waals surface area contributed by atoms with Crippen LogP contribution in [-0.2, 0) is 4.79 Å². The Morgan fingerprint density at radius 1 is 1.35 bits per heavy atom. The van der Waals surface area contributed by atoms with Crippen molar-refractivity contribution in [2.24, 2.45) is 0 Å². The fraction of sp³-hybridized carbons (Fsp3) is 0.318. The first kappa shape index (κ1) is 20.3. The van der Waals surface area contributed by atoms with E-state index in [2.05, 4.69) is 25.6 Å². The van der Waals surface area contributed by atoms with E-state index in [0.29, 0.717) is 24.3 Å². The van der Waals surface area contributed by atoms with Gasteiger partial charge in [0.25, 0.3) is 5.91 Å². The number of aromatic amines is 1. The molecule has 1 saturated heterocycles. The molecule has 0 aromatic carbocycles. The van der Waals surface area contributed by atoms with Crippen molar-refractivity contribution < 1.29 is 9.59 Å². The molecule has 3 aromatic rings. The highest BCUT2D eigenvalue weighted by Crippen LogP contribution is 2.34. The molecule has 9 nitrogen and oxygen atoms in total. The van der Waals surface area contributed by atoms with Crippen LogP contribution in [0.2, 0.25) is 0 Å². The summed E-state index contributed by atoms with van der Waals surface area (Å²) in [7, 11) is 1.59. The quantitative estimate of drug-likeness (QED) is 0.585. The van der Waals surface area contributed by atoms with Gasteiger partial charge in [0.2, 0.25) is 5.91 Å². The van der Waals surface area contributed by atoms with E-state index in [0.717, 1.165) is 35.1 Å². The van der Waals surface area contributed by atoms with Gasteiger partial charge in [0.1, 0.15) is 12.1 Å². The maximum absolute atomic E-state index is 12.2. The van der Waals surface area contributed by atoms with Gasteiger partial charge in [-0.3, -0.25) is 14.6 Å². The number of hydrogen-bond donors (Lipinski definition) is 3. The fourth-order valence-electron chi connectivity index (χ4n) is 3.93. The molecule has 1 unspecified atom stereocenters. The lowest BCUT2D eigenvalue weighted by Gasteiger charge is -2.34. The van der Waals surface area contributed by atoms with Crippen molar-refractivity contribution in [1.82, 2.24) is 25.2 Å². The number of fused-ring (bicyclic) bond motifs is 1. The molecule has 3 N–H and O–H groups in total. The highest BCUT2D eigenvalue weighted by atomic mass is 16.2. The monoisotopic (exact) mass is 417 g/mol. The number of likely N-dealkylation sites (tertiary alicyclic amines) is 1. The molecule has 4 rings (SSSR count). The van der Waals surface area contributed by atoms with Crippen molar-refractivity contribution in [2.45, 2.75) is 25.3 Å². The molecule has 0 bridgehead atoms. The van der Waals surface area contributed by atoms with Crippen LogP contribution in [0.25, 0.3) is 22.3 Å². The highest BCUT2D eigenvalue weighted by molar-refractivity contribution is 5.99. The average molecular weight is 417 g/mol. The zero-order chi connectivity index (χ0) is 21.8. The molecule has 1 atom stereocenters. The molecule has 9 heteroatoms. The predicted octanol–water partition coefficient (Wildman–Crippen LogP) is 2.30. The van der Waals surface area contributed by atoms with E-state index in [1.54, 1.807) is 36.5 Å². The van der Waals surface area contributed by atoms with Gasteiger partial charge in [-0.2, -0.15) is 5.26 Å². The van der Waals surface area contributed by atoms with Crippen LogP contribution in [0, 0.1) is 11.3 Å². The first-order valence-corrected chi connectivity index (χ1v) is 10.2. The van der Waals surface area contributed by atoms with Gasteiger partial charge in [-0.25, -0.2) is 4.98 Å². The number of nitrogens with zero attached hydrogens (tertiary/aromatic N) is 4. The van der Waals surface area contributed by atoms with Crippen LogP contribution in [0.15, 0.2) is 36.8 Å². The van der Waals surface area contributed by atoms with Gasteiger partial charge >= 0.3 is 0 Å². The number of amides is 2. The molecule has 1 fully saturated rings. The number of hydrogen-bond acceptors (Lipinski definition) is 6. The average Bonchev–Trinajstić information content (AvgIpc) is 3.28. The molecule has 0 aliphatic carbocycles. The van der Waals surface area contributed by atoms with Gasteiger partial charge in [-0.05, 0) is 31.0 Å². The molecule has 4 heterocycles. The minimum Gasteiger partial charge on any atom is -0.379 e. The number of H-pyrrole nitrogens is 1. The lowest BCUT2D eigenvalue weighted by atomic mass is 10.0. The third-order valence-corrected chi connectivity index (χ3v) is 5.46. The lowest BCUT2D eigenvalue weighted by molar-refractivity contribution is -0.131. The zero-order valence-electron chi connectivity index (χ0n) is 17.2. The van der Waals surface area contributed by atoms with Crippen LogP contribution in [0.3, 0.4) is 0 Å². The van der Waals surface area contributed by atoms with E-state index in [1.165, 1.54) is 0 Å². The third kappa shape index (κ3) is 4.19. The smallest absolute Gasteiger partial charge is 0.251 e. The summed E-state index contributed by atoms with van der Waals surface area (Å²) >= 11 is 0. The largest absolute Gasteiger partial charge is 0.379 e. The van der Waals surface area contributed by atoms with Crippen molar-refractivity contribution in [3.63, 3.8) is 0 Å². The number of carbonyl (C=O) groups excluding carboxylic acids is 2. The maximum Gasteiger partial charge on any atom is 0.251 e. The zero-order valence-corrected chi connectivity index (χ0v) is 17.2. The van der Waals surface area contributed by atoms with Crippen molar-refractivity contribution in [1.29, 1.82) is 5.26 Å². The summed E-state index contributed by atoms with van der Waals surface area (Å²) in [6, 6.07) is 7.31. The number of nitriles is 1. The maximum atomic E-state index is 12.2. The fourth-order valence-corrected chi connectivity index (χ4v) is 3.93. The van der Waals surface area contributed by atoms with Crippen LogP contribution in [-0.4, -0.2) is 57.8 Å². The van der Waals surface area contributed by atoms with E-state index in [-0.39, 0.29) is 24.3 Å². The van der Waals surface area contributed by atoms with E-state index < -0.39 is 0 Å². The van der Waals surface area contributed by atoms with E-state index in [1.807, 2.05) is 18.3 Å². The summed E-state index contributed by atoms with van der Waals surface area (Å²) in [4.78, 5) is 38.1. The normalized spacial score (nSPS) is 16.0. The topological polar surface area (TPSA) is 127 Å². The standard InChI is InChI=1S/C22H23N7O2/c1-24-22(31)14-5-8-25-18(11-14)17-12-27-21-16(6-9-26-21)20(17)28-15-3-2-10-29(13-15)19(30)4-7-23/h5-6,8-9,11-12,15H,2-4,10,13H2,1H3,(H,24,31)(H2,26,27,28). The van der Waals surface area contributed by atoms with Crippen LogP contribution in [0.4, 0.5) is 5.69 Å². The van der Waals surface area contributed by atoms with Gasteiger partial charge in [-0.15, -0.1) is 0 Å². The summed E-state index contributed by atoms with van der Waals surface area (Å²) in [5, 5.41) is 16.0. The summed E-state index contributed by atoms with van der Waals surface area (Å²) in [5.74, 6) is -0.330. The predicted molar refractivity (Wildman–Crippen MR) is 116 cm³/mol. The third-order valence-electron chi connectivity index (χ3n) is 5.46. The van der Waals surface area contributed by atoms with Gasteiger partial charge < -0.3 is 20.5 Å². The van der Waals surface area contributed by atoms with Crippen LogP contribution < -0.4 is 10.6 Å². The van der Waals surface area contributed by atoms with E-state index in [9.17, 15) is 9.59 Å². The Morgan fingerprint density at radius 2 is 2.23 bits per heavy atom.